The van der Waals surface area contributed by atoms with E-state index in [0.717, 1.165) is 37.0 Å². The van der Waals surface area contributed by atoms with Gasteiger partial charge in [-0.05, 0) is 24.7 Å². The van der Waals surface area contributed by atoms with Gasteiger partial charge in [0.05, 0.1) is 6.54 Å². The molecule has 0 saturated heterocycles. The fraction of sp³-hybridized carbons (Fsp3) is 0.357. The quantitative estimate of drug-likeness (QED) is 0.934. The Morgan fingerprint density at radius 1 is 1.37 bits per heavy atom. The van der Waals surface area contributed by atoms with Crippen LogP contribution in [0.3, 0.4) is 0 Å². The summed E-state index contributed by atoms with van der Waals surface area (Å²) in [6.45, 7) is 3.64. The number of hydrogen-bond donors (Lipinski definition) is 1. The Kier molecular flexibility index (Phi) is 3.44. The van der Waals surface area contributed by atoms with Crippen LogP contribution < -0.4 is 10.2 Å². The molecule has 0 saturated carbocycles. The molecule has 0 radical (unpaired) electrons. The maximum Gasteiger partial charge on any atom is 0.128 e. The molecule has 0 bridgehead atoms. The highest BCUT2D eigenvalue weighted by Crippen LogP contribution is 2.27. The zero-order chi connectivity index (χ0) is 13.2. The zero-order valence-electron chi connectivity index (χ0n) is 10.9. The summed E-state index contributed by atoms with van der Waals surface area (Å²) in [7, 11) is 1.96. The molecule has 0 spiro atoms. The third kappa shape index (κ3) is 2.46. The van der Waals surface area contributed by atoms with Crippen LogP contribution in [-0.2, 0) is 19.6 Å². The number of imidazole rings is 1. The summed E-state index contributed by atoms with van der Waals surface area (Å²) in [5.41, 5.74) is 2.48. The van der Waals surface area contributed by atoms with Crippen LogP contribution in [-0.4, -0.2) is 23.1 Å². The van der Waals surface area contributed by atoms with E-state index < -0.39 is 0 Å². The molecule has 2 aromatic rings. The Bertz CT molecular complexity index is 579. The largest absolute Gasteiger partial charge is 0.362 e. The normalized spacial score (nSPS) is 14.5. The highest BCUT2D eigenvalue weighted by atomic mass is 35.5. The number of nitrogens with one attached hydrogen (secondary N) is 1. The summed E-state index contributed by atoms with van der Waals surface area (Å²) >= 11 is 6.15. The van der Waals surface area contributed by atoms with Gasteiger partial charge >= 0.3 is 0 Å². The summed E-state index contributed by atoms with van der Waals surface area (Å²) in [6.07, 6.45) is 3.91. The lowest BCUT2D eigenvalue weighted by Gasteiger charge is -2.31. The van der Waals surface area contributed by atoms with Gasteiger partial charge in [-0.25, -0.2) is 4.98 Å². The number of aromatic nitrogens is 2. The number of nitrogens with zero attached hydrogens (tertiary/aromatic N) is 3. The molecule has 1 N–H and O–H groups in total. The maximum atomic E-state index is 6.15. The second kappa shape index (κ2) is 5.23. The molecule has 0 atom stereocenters. The van der Waals surface area contributed by atoms with Crippen molar-refractivity contribution in [2.45, 2.75) is 19.6 Å². The monoisotopic (exact) mass is 276 g/mol. The Morgan fingerprint density at radius 3 is 3.11 bits per heavy atom. The summed E-state index contributed by atoms with van der Waals surface area (Å²) < 4.78 is 2.21. The lowest BCUT2D eigenvalue weighted by Crippen LogP contribution is -2.34. The van der Waals surface area contributed by atoms with E-state index in [2.05, 4.69) is 25.8 Å². The van der Waals surface area contributed by atoms with Gasteiger partial charge in [0.1, 0.15) is 5.82 Å². The predicted molar refractivity (Wildman–Crippen MR) is 77.5 cm³/mol. The summed E-state index contributed by atoms with van der Waals surface area (Å²) in [4.78, 5) is 6.75. The molecule has 0 amide bonds. The van der Waals surface area contributed by atoms with Crippen LogP contribution in [0.2, 0.25) is 5.02 Å². The van der Waals surface area contributed by atoms with Crippen molar-refractivity contribution in [2.75, 3.05) is 18.5 Å². The maximum absolute atomic E-state index is 6.15. The van der Waals surface area contributed by atoms with Crippen molar-refractivity contribution in [3.63, 3.8) is 0 Å². The van der Waals surface area contributed by atoms with Gasteiger partial charge in [0.25, 0.3) is 0 Å². The zero-order valence-corrected chi connectivity index (χ0v) is 11.7. The number of fused-ring (bicyclic) bond motifs is 1. The van der Waals surface area contributed by atoms with Crippen molar-refractivity contribution < 1.29 is 0 Å². The van der Waals surface area contributed by atoms with Crippen LogP contribution in [0.15, 0.2) is 30.6 Å². The predicted octanol–water partition coefficient (Wildman–Crippen LogP) is 2.28. The van der Waals surface area contributed by atoms with E-state index in [1.54, 1.807) is 0 Å². The van der Waals surface area contributed by atoms with Crippen LogP contribution in [0.1, 0.15) is 11.4 Å². The Hall–Kier alpha value is -1.52. The van der Waals surface area contributed by atoms with Gasteiger partial charge in [-0.3, -0.25) is 0 Å². The summed E-state index contributed by atoms with van der Waals surface area (Å²) in [5, 5.41) is 3.99. The van der Waals surface area contributed by atoms with Crippen LogP contribution in [0.4, 0.5) is 5.69 Å². The van der Waals surface area contributed by atoms with E-state index in [1.807, 2.05) is 31.6 Å². The number of anilines is 1. The minimum Gasteiger partial charge on any atom is -0.362 e. The van der Waals surface area contributed by atoms with Crippen molar-refractivity contribution in [3.8, 4) is 0 Å². The number of benzene rings is 1. The van der Waals surface area contributed by atoms with Gasteiger partial charge in [0.2, 0.25) is 0 Å². The molecule has 1 aromatic carbocycles. The molecule has 2 heterocycles. The SMILES string of the molecule is CNCc1ccc(Cl)cc1N1CCn2ccnc2C1. The van der Waals surface area contributed by atoms with Crippen LogP contribution >= 0.6 is 11.6 Å². The van der Waals surface area contributed by atoms with E-state index in [0.29, 0.717) is 0 Å². The molecule has 1 aliphatic rings. The minimum absolute atomic E-state index is 0.781. The second-order valence-electron chi connectivity index (χ2n) is 4.76. The topological polar surface area (TPSA) is 33.1 Å². The van der Waals surface area contributed by atoms with E-state index in [9.17, 15) is 0 Å². The Morgan fingerprint density at radius 2 is 2.26 bits per heavy atom. The molecule has 100 valence electrons. The molecule has 1 aromatic heterocycles. The van der Waals surface area contributed by atoms with E-state index in [1.165, 1.54) is 11.3 Å². The number of halogens is 1. The third-order valence-electron chi connectivity index (χ3n) is 3.50. The molecular weight excluding hydrogens is 260 g/mol. The van der Waals surface area contributed by atoms with Gasteiger partial charge in [0.15, 0.2) is 0 Å². The molecule has 3 rings (SSSR count). The van der Waals surface area contributed by atoms with Crippen molar-refractivity contribution >= 4 is 17.3 Å². The first-order chi connectivity index (χ1) is 9.28. The Labute approximate surface area is 118 Å². The molecule has 19 heavy (non-hydrogen) atoms. The Balaban J connectivity index is 1.92. The van der Waals surface area contributed by atoms with Crippen LogP contribution in [0, 0.1) is 0 Å². The lowest BCUT2D eigenvalue weighted by atomic mass is 10.1. The lowest BCUT2D eigenvalue weighted by molar-refractivity contribution is 0.558. The van der Waals surface area contributed by atoms with E-state index in [-0.39, 0.29) is 0 Å². The van der Waals surface area contributed by atoms with Crippen molar-refractivity contribution in [1.29, 1.82) is 0 Å². The molecular formula is C14H17ClN4. The average Bonchev–Trinajstić information content (AvgIpc) is 2.88. The standard InChI is InChI=1S/C14H17ClN4/c1-16-9-11-2-3-12(15)8-13(11)19-7-6-18-5-4-17-14(18)10-19/h2-5,8,16H,6-7,9-10H2,1H3. The average molecular weight is 277 g/mol. The summed E-state index contributed by atoms with van der Waals surface area (Å²) in [5.74, 6) is 1.11. The van der Waals surface area contributed by atoms with E-state index in [4.69, 9.17) is 11.6 Å². The number of hydrogen-bond acceptors (Lipinski definition) is 3. The van der Waals surface area contributed by atoms with Gasteiger partial charge in [-0.1, -0.05) is 17.7 Å². The van der Waals surface area contributed by atoms with Gasteiger partial charge < -0.3 is 14.8 Å². The van der Waals surface area contributed by atoms with Crippen LogP contribution in [0.5, 0.6) is 0 Å². The van der Waals surface area contributed by atoms with Gasteiger partial charge in [-0.2, -0.15) is 0 Å². The van der Waals surface area contributed by atoms with Crippen molar-refractivity contribution in [2.24, 2.45) is 0 Å². The highest BCUT2D eigenvalue weighted by Gasteiger charge is 2.19. The first-order valence-electron chi connectivity index (χ1n) is 6.46. The first kappa shape index (κ1) is 12.5. The molecule has 0 aliphatic carbocycles. The minimum atomic E-state index is 0.781. The highest BCUT2D eigenvalue weighted by molar-refractivity contribution is 6.30. The van der Waals surface area contributed by atoms with Gasteiger partial charge in [0, 0.05) is 42.7 Å². The summed E-state index contributed by atoms with van der Waals surface area (Å²) in [6, 6.07) is 6.09. The molecule has 1 aliphatic heterocycles. The van der Waals surface area contributed by atoms with Crippen LogP contribution in [0.25, 0.3) is 0 Å². The fourth-order valence-electron chi connectivity index (χ4n) is 2.55. The first-order valence-corrected chi connectivity index (χ1v) is 6.83. The second-order valence-corrected chi connectivity index (χ2v) is 5.20. The van der Waals surface area contributed by atoms with Gasteiger partial charge in [-0.15, -0.1) is 0 Å². The molecule has 0 unspecified atom stereocenters. The van der Waals surface area contributed by atoms with Crippen molar-refractivity contribution in [3.05, 3.63) is 47.0 Å². The third-order valence-corrected chi connectivity index (χ3v) is 3.74. The smallest absolute Gasteiger partial charge is 0.128 e. The molecule has 0 fully saturated rings. The van der Waals surface area contributed by atoms with E-state index >= 15 is 0 Å². The molecule has 5 heteroatoms. The van der Waals surface area contributed by atoms with Crippen molar-refractivity contribution in [1.82, 2.24) is 14.9 Å². The number of rotatable bonds is 3. The fourth-order valence-corrected chi connectivity index (χ4v) is 2.72. The molecule has 4 nitrogen and oxygen atoms in total.